The number of anilines is 1. The lowest BCUT2D eigenvalue weighted by atomic mass is 10.1. The summed E-state index contributed by atoms with van der Waals surface area (Å²) in [6.07, 6.45) is -0.899. The van der Waals surface area contributed by atoms with Crippen molar-refractivity contribution in [1.82, 2.24) is 0 Å². The fourth-order valence-corrected chi connectivity index (χ4v) is 2.06. The van der Waals surface area contributed by atoms with Gasteiger partial charge in [0.05, 0.1) is 0 Å². The molecule has 0 aliphatic heterocycles. The van der Waals surface area contributed by atoms with Crippen molar-refractivity contribution in [3.05, 3.63) is 65.7 Å². The fraction of sp³-hybridized carbons (Fsp3) is 0.222. The van der Waals surface area contributed by atoms with E-state index in [0.717, 1.165) is 6.07 Å². The van der Waals surface area contributed by atoms with Gasteiger partial charge in [0.25, 0.3) is 5.91 Å². The summed E-state index contributed by atoms with van der Waals surface area (Å²) >= 11 is 0. The van der Waals surface area contributed by atoms with Crippen LogP contribution in [0.2, 0.25) is 0 Å². The molecule has 0 fully saturated rings. The highest BCUT2D eigenvalue weighted by Gasteiger charge is 2.18. The Kier molecular flexibility index (Phi) is 6.01. The number of nitrogens with one attached hydrogen (secondary N) is 1. The second kappa shape index (κ2) is 8.19. The Bertz CT molecular complexity index is 734. The molecule has 0 radical (unpaired) electrons. The molecule has 0 heterocycles. The molecule has 6 heteroatoms. The van der Waals surface area contributed by atoms with Crippen molar-refractivity contribution in [3.8, 4) is 0 Å². The van der Waals surface area contributed by atoms with Crippen LogP contribution in [-0.4, -0.2) is 18.0 Å². The van der Waals surface area contributed by atoms with E-state index in [9.17, 15) is 18.4 Å². The van der Waals surface area contributed by atoms with Crippen molar-refractivity contribution in [1.29, 1.82) is 0 Å². The van der Waals surface area contributed by atoms with Gasteiger partial charge in [0.1, 0.15) is 11.6 Å². The molecular weight excluding hydrogens is 316 g/mol. The number of hydrogen-bond donors (Lipinski definition) is 1. The van der Waals surface area contributed by atoms with Crippen LogP contribution in [0.3, 0.4) is 0 Å². The zero-order chi connectivity index (χ0) is 17.5. The van der Waals surface area contributed by atoms with Crippen LogP contribution in [0.15, 0.2) is 48.5 Å². The molecule has 0 spiro atoms. The van der Waals surface area contributed by atoms with E-state index in [4.69, 9.17) is 4.74 Å². The zero-order valence-electron chi connectivity index (χ0n) is 13.1. The Hall–Kier alpha value is -2.76. The van der Waals surface area contributed by atoms with Gasteiger partial charge in [-0.25, -0.2) is 8.78 Å². The highest BCUT2D eigenvalue weighted by molar-refractivity contribution is 5.95. The molecule has 2 aromatic rings. The number of aryl methyl sites for hydroxylation is 1. The standard InChI is InChI=1S/C18H17F2NO3/c1-12(18(23)21-15-7-4-6-14(19)11-15)24-17(22)10-9-13-5-2-3-8-16(13)20/h2-8,11-12H,9-10H2,1H3,(H,21,23)/t12-/m0/s1. The topological polar surface area (TPSA) is 55.4 Å². The molecule has 0 unspecified atom stereocenters. The number of hydrogen-bond acceptors (Lipinski definition) is 3. The highest BCUT2D eigenvalue weighted by Crippen LogP contribution is 2.12. The lowest BCUT2D eigenvalue weighted by molar-refractivity contribution is -0.153. The molecule has 4 nitrogen and oxygen atoms in total. The SMILES string of the molecule is C[C@H](OC(=O)CCc1ccccc1F)C(=O)Nc1cccc(F)c1. The summed E-state index contributed by atoms with van der Waals surface area (Å²) in [6.45, 7) is 1.41. The molecule has 0 saturated carbocycles. The van der Waals surface area contributed by atoms with E-state index in [0.29, 0.717) is 5.56 Å². The minimum Gasteiger partial charge on any atom is -0.453 e. The van der Waals surface area contributed by atoms with Gasteiger partial charge >= 0.3 is 5.97 Å². The molecule has 1 amide bonds. The van der Waals surface area contributed by atoms with Crippen molar-refractivity contribution in [2.45, 2.75) is 25.9 Å². The van der Waals surface area contributed by atoms with E-state index in [2.05, 4.69) is 5.32 Å². The Labute approximate surface area is 138 Å². The maximum atomic E-state index is 13.5. The van der Waals surface area contributed by atoms with Crippen LogP contribution in [0.25, 0.3) is 0 Å². The van der Waals surface area contributed by atoms with Gasteiger partial charge in [-0.3, -0.25) is 9.59 Å². The smallest absolute Gasteiger partial charge is 0.306 e. The molecule has 0 aliphatic carbocycles. The maximum absolute atomic E-state index is 13.5. The number of halogens is 2. The van der Waals surface area contributed by atoms with Gasteiger partial charge in [-0.2, -0.15) is 0 Å². The summed E-state index contributed by atoms with van der Waals surface area (Å²) < 4.78 is 31.5. The molecule has 2 aromatic carbocycles. The van der Waals surface area contributed by atoms with Gasteiger partial charge in [0.15, 0.2) is 6.10 Å². The summed E-state index contributed by atoms with van der Waals surface area (Å²) in [5.74, 6) is -2.05. The summed E-state index contributed by atoms with van der Waals surface area (Å²) in [5.41, 5.74) is 0.681. The molecule has 0 saturated heterocycles. The third-order valence-corrected chi connectivity index (χ3v) is 3.33. The summed E-state index contributed by atoms with van der Waals surface area (Å²) in [6, 6.07) is 11.5. The van der Waals surface area contributed by atoms with E-state index < -0.39 is 23.8 Å². The molecular formula is C18H17F2NO3. The molecule has 0 bridgehead atoms. The average molecular weight is 333 g/mol. The minimum absolute atomic E-state index is 0.0431. The van der Waals surface area contributed by atoms with Crippen molar-refractivity contribution in [2.75, 3.05) is 5.32 Å². The van der Waals surface area contributed by atoms with Crippen molar-refractivity contribution in [3.63, 3.8) is 0 Å². The lowest BCUT2D eigenvalue weighted by Gasteiger charge is -2.13. The first-order valence-electron chi connectivity index (χ1n) is 7.45. The molecule has 1 N–H and O–H groups in total. The van der Waals surface area contributed by atoms with Crippen LogP contribution in [0.1, 0.15) is 18.9 Å². The first-order valence-corrected chi connectivity index (χ1v) is 7.45. The molecule has 0 aromatic heterocycles. The number of esters is 1. The average Bonchev–Trinajstić information content (AvgIpc) is 2.54. The number of carbonyl (C=O) groups excluding carboxylic acids is 2. The molecule has 24 heavy (non-hydrogen) atoms. The molecule has 2 rings (SSSR count). The number of benzene rings is 2. The van der Waals surface area contributed by atoms with Gasteiger partial charge in [0.2, 0.25) is 0 Å². The van der Waals surface area contributed by atoms with Crippen LogP contribution in [0, 0.1) is 11.6 Å². The van der Waals surface area contributed by atoms with E-state index in [1.165, 1.54) is 31.2 Å². The molecule has 0 aliphatic rings. The summed E-state index contributed by atoms with van der Waals surface area (Å²) in [5, 5.41) is 2.45. The van der Waals surface area contributed by atoms with Gasteiger partial charge in [-0.05, 0) is 43.2 Å². The highest BCUT2D eigenvalue weighted by atomic mass is 19.1. The quantitative estimate of drug-likeness (QED) is 0.824. The van der Waals surface area contributed by atoms with Crippen LogP contribution in [0.5, 0.6) is 0 Å². The van der Waals surface area contributed by atoms with Gasteiger partial charge < -0.3 is 10.1 Å². The van der Waals surface area contributed by atoms with Gasteiger partial charge in [-0.15, -0.1) is 0 Å². The number of amides is 1. The second-order valence-electron chi connectivity index (χ2n) is 5.22. The van der Waals surface area contributed by atoms with Crippen LogP contribution in [-0.2, 0) is 20.7 Å². The van der Waals surface area contributed by atoms with Gasteiger partial charge in [0, 0.05) is 12.1 Å². The van der Waals surface area contributed by atoms with E-state index in [1.54, 1.807) is 18.2 Å². The van der Waals surface area contributed by atoms with Gasteiger partial charge in [-0.1, -0.05) is 24.3 Å². The number of ether oxygens (including phenoxy) is 1. The van der Waals surface area contributed by atoms with Crippen LogP contribution in [0.4, 0.5) is 14.5 Å². The third kappa shape index (κ3) is 5.15. The van der Waals surface area contributed by atoms with Crippen LogP contribution < -0.4 is 5.32 Å². The predicted molar refractivity (Wildman–Crippen MR) is 85.3 cm³/mol. The Balaban J connectivity index is 1.82. The third-order valence-electron chi connectivity index (χ3n) is 3.33. The second-order valence-corrected chi connectivity index (χ2v) is 5.22. The van der Waals surface area contributed by atoms with Crippen LogP contribution >= 0.6 is 0 Å². The lowest BCUT2D eigenvalue weighted by Crippen LogP contribution is -2.30. The Morgan fingerprint density at radius 3 is 2.58 bits per heavy atom. The van der Waals surface area contributed by atoms with Crippen molar-refractivity contribution >= 4 is 17.6 Å². The van der Waals surface area contributed by atoms with E-state index in [1.807, 2.05) is 0 Å². The monoisotopic (exact) mass is 333 g/mol. The minimum atomic E-state index is -1.04. The molecule has 126 valence electrons. The van der Waals surface area contributed by atoms with Crippen molar-refractivity contribution < 1.29 is 23.1 Å². The van der Waals surface area contributed by atoms with E-state index >= 15 is 0 Å². The fourth-order valence-electron chi connectivity index (χ4n) is 2.06. The largest absolute Gasteiger partial charge is 0.453 e. The number of carbonyl (C=O) groups is 2. The normalized spacial score (nSPS) is 11.6. The summed E-state index contributed by atoms with van der Waals surface area (Å²) in [7, 11) is 0. The maximum Gasteiger partial charge on any atom is 0.306 e. The van der Waals surface area contributed by atoms with E-state index in [-0.39, 0.29) is 24.3 Å². The first-order chi connectivity index (χ1) is 11.5. The van der Waals surface area contributed by atoms with Crippen molar-refractivity contribution in [2.24, 2.45) is 0 Å². The predicted octanol–water partition coefficient (Wildman–Crippen LogP) is 3.47. The zero-order valence-corrected chi connectivity index (χ0v) is 13.1. The molecule has 1 atom stereocenters. The first kappa shape index (κ1) is 17.6. The summed E-state index contributed by atoms with van der Waals surface area (Å²) in [4.78, 5) is 23.7. The Morgan fingerprint density at radius 2 is 1.88 bits per heavy atom. The number of rotatable bonds is 6. The Morgan fingerprint density at radius 1 is 1.12 bits per heavy atom.